The molecule has 0 bridgehead atoms. The molecule has 2 N–H and O–H groups in total. The zero-order valence-corrected chi connectivity index (χ0v) is 18.4. The van der Waals surface area contributed by atoms with Crippen LogP contribution in [0.4, 0.5) is 10.5 Å². The zero-order valence-electron chi connectivity index (χ0n) is 18.4. The molecule has 0 saturated carbocycles. The summed E-state index contributed by atoms with van der Waals surface area (Å²) in [6.07, 6.45) is -0.575. The Bertz CT molecular complexity index is 863. The fourth-order valence-corrected chi connectivity index (χ4v) is 3.32. The van der Waals surface area contributed by atoms with Gasteiger partial charge in [-0.25, -0.2) is 4.79 Å². The summed E-state index contributed by atoms with van der Waals surface area (Å²) in [5, 5.41) is 5.60. The summed E-state index contributed by atoms with van der Waals surface area (Å²) in [5.74, 6) is -0.174. The molecule has 2 aromatic rings. The number of carbonyl (C=O) groups is 2. The summed E-state index contributed by atoms with van der Waals surface area (Å²) < 4.78 is 11.0. The number of amides is 2. The Labute approximate surface area is 183 Å². The molecule has 0 radical (unpaired) electrons. The van der Waals surface area contributed by atoms with Crippen molar-refractivity contribution in [1.29, 1.82) is 0 Å². The van der Waals surface area contributed by atoms with Gasteiger partial charge in [0.2, 0.25) is 0 Å². The maximum absolute atomic E-state index is 12.5. The lowest BCUT2D eigenvalue weighted by atomic mass is 10.1. The summed E-state index contributed by atoms with van der Waals surface area (Å²) >= 11 is 0. The van der Waals surface area contributed by atoms with E-state index in [4.69, 9.17) is 9.47 Å². The zero-order chi connectivity index (χ0) is 22.3. The van der Waals surface area contributed by atoms with Gasteiger partial charge in [-0.15, -0.1) is 0 Å². The quantitative estimate of drug-likeness (QED) is 0.738. The summed E-state index contributed by atoms with van der Waals surface area (Å²) in [4.78, 5) is 26.7. The smallest absolute Gasteiger partial charge is 0.412 e. The van der Waals surface area contributed by atoms with Crippen LogP contribution in [0.5, 0.6) is 0 Å². The third-order valence-electron chi connectivity index (χ3n) is 4.75. The van der Waals surface area contributed by atoms with Crippen LogP contribution < -0.4 is 10.6 Å². The average molecular weight is 426 g/mol. The Morgan fingerprint density at radius 2 is 1.81 bits per heavy atom. The molecule has 1 heterocycles. The van der Waals surface area contributed by atoms with Gasteiger partial charge in [-0.05, 0) is 50.6 Å². The van der Waals surface area contributed by atoms with Crippen LogP contribution in [0.1, 0.15) is 36.7 Å². The molecule has 7 nitrogen and oxygen atoms in total. The highest BCUT2D eigenvalue weighted by atomic mass is 16.6. The van der Waals surface area contributed by atoms with Gasteiger partial charge in [-0.2, -0.15) is 0 Å². The number of nitrogens with zero attached hydrogens (tertiary/aromatic N) is 1. The first-order chi connectivity index (χ1) is 14.8. The Morgan fingerprint density at radius 3 is 2.48 bits per heavy atom. The van der Waals surface area contributed by atoms with E-state index >= 15 is 0 Å². The molecule has 0 unspecified atom stereocenters. The molecular formula is C24H31N3O4. The van der Waals surface area contributed by atoms with Crippen molar-refractivity contribution in [2.75, 3.05) is 31.6 Å². The van der Waals surface area contributed by atoms with Crippen molar-refractivity contribution in [3.63, 3.8) is 0 Å². The van der Waals surface area contributed by atoms with Gasteiger partial charge in [-0.1, -0.05) is 30.3 Å². The molecule has 1 saturated heterocycles. The molecule has 1 fully saturated rings. The summed E-state index contributed by atoms with van der Waals surface area (Å²) in [6, 6.07) is 17.0. The van der Waals surface area contributed by atoms with Gasteiger partial charge < -0.3 is 14.8 Å². The van der Waals surface area contributed by atoms with E-state index in [1.54, 1.807) is 45.0 Å². The van der Waals surface area contributed by atoms with Crippen LogP contribution in [0.25, 0.3) is 0 Å². The number of hydrogen-bond acceptors (Lipinski definition) is 5. The van der Waals surface area contributed by atoms with Crippen molar-refractivity contribution in [1.82, 2.24) is 10.2 Å². The van der Waals surface area contributed by atoms with E-state index in [1.807, 2.05) is 18.2 Å². The minimum absolute atomic E-state index is 0.0467. The topological polar surface area (TPSA) is 79.9 Å². The fraction of sp³-hybridized carbons (Fsp3) is 0.417. The highest BCUT2D eigenvalue weighted by molar-refractivity contribution is 5.95. The van der Waals surface area contributed by atoms with Gasteiger partial charge in [0.15, 0.2) is 0 Å². The van der Waals surface area contributed by atoms with Gasteiger partial charge in [0, 0.05) is 37.4 Å². The molecule has 31 heavy (non-hydrogen) atoms. The van der Waals surface area contributed by atoms with Crippen LogP contribution in [-0.4, -0.2) is 54.8 Å². The van der Waals surface area contributed by atoms with Gasteiger partial charge in [-0.3, -0.25) is 15.0 Å². The number of ether oxygens (including phenoxy) is 2. The van der Waals surface area contributed by atoms with Crippen molar-refractivity contribution < 1.29 is 19.1 Å². The average Bonchev–Trinajstić information content (AvgIpc) is 2.72. The van der Waals surface area contributed by atoms with Crippen LogP contribution in [0.3, 0.4) is 0 Å². The van der Waals surface area contributed by atoms with Gasteiger partial charge in [0.25, 0.3) is 5.91 Å². The Balaban J connectivity index is 1.45. The predicted octanol–water partition coefficient (Wildman–Crippen LogP) is 3.66. The number of nitrogens with one attached hydrogen (secondary N) is 2. The van der Waals surface area contributed by atoms with Crippen LogP contribution in [0, 0.1) is 0 Å². The Kier molecular flexibility index (Phi) is 7.65. The number of anilines is 1. The largest absolute Gasteiger partial charge is 0.444 e. The molecule has 1 atom stereocenters. The van der Waals surface area contributed by atoms with Crippen LogP contribution in [0.2, 0.25) is 0 Å². The van der Waals surface area contributed by atoms with Gasteiger partial charge in [0.05, 0.1) is 12.7 Å². The predicted molar refractivity (Wildman–Crippen MR) is 120 cm³/mol. The normalized spacial score (nSPS) is 17.1. The van der Waals surface area contributed by atoms with Crippen LogP contribution in [0.15, 0.2) is 54.6 Å². The standard InChI is InChI=1S/C24H31N3O4/c1-24(2,3)31-23(29)26-20-11-9-19(10-12-20)22(28)25-15-21-17-27(13-14-30-21)16-18-7-5-4-6-8-18/h4-12,21H,13-17H2,1-3H3,(H,25,28)(H,26,29)/t21-/m0/s1. The highest BCUT2D eigenvalue weighted by Gasteiger charge is 2.21. The lowest BCUT2D eigenvalue weighted by molar-refractivity contribution is -0.0292. The maximum Gasteiger partial charge on any atom is 0.412 e. The maximum atomic E-state index is 12.5. The first-order valence-electron chi connectivity index (χ1n) is 10.5. The molecular weight excluding hydrogens is 394 g/mol. The first kappa shape index (κ1) is 22.8. The summed E-state index contributed by atoms with van der Waals surface area (Å²) in [7, 11) is 0. The Morgan fingerprint density at radius 1 is 1.10 bits per heavy atom. The third kappa shape index (κ3) is 7.70. The van der Waals surface area contributed by atoms with Gasteiger partial charge >= 0.3 is 6.09 Å². The SMILES string of the molecule is CC(C)(C)OC(=O)Nc1ccc(C(=O)NC[C@H]2CN(Cc3ccccc3)CCO2)cc1. The third-order valence-corrected chi connectivity index (χ3v) is 4.75. The summed E-state index contributed by atoms with van der Waals surface area (Å²) in [5.41, 5.74) is 1.79. The molecule has 1 aliphatic heterocycles. The second-order valence-electron chi connectivity index (χ2n) is 8.63. The number of hydrogen-bond donors (Lipinski definition) is 2. The van der Waals surface area contributed by atoms with E-state index < -0.39 is 11.7 Å². The lowest BCUT2D eigenvalue weighted by Gasteiger charge is -2.33. The van der Waals surface area contributed by atoms with E-state index in [2.05, 4.69) is 27.7 Å². The summed E-state index contributed by atoms with van der Waals surface area (Å²) in [6.45, 7) is 9.03. The molecule has 0 aromatic heterocycles. The Hall–Kier alpha value is -2.90. The van der Waals surface area contributed by atoms with E-state index in [0.29, 0.717) is 24.4 Å². The highest BCUT2D eigenvalue weighted by Crippen LogP contribution is 2.14. The second-order valence-corrected chi connectivity index (χ2v) is 8.63. The number of morpholine rings is 1. The minimum atomic E-state index is -0.568. The van der Waals surface area contributed by atoms with Gasteiger partial charge in [0.1, 0.15) is 5.60 Å². The first-order valence-corrected chi connectivity index (χ1v) is 10.5. The van der Waals surface area contributed by atoms with Crippen molar-refractivity contribution in [2.45, 2.75) is 39.0 Å². The van der Waals surface area contributed by atoms with E-state index in [1.165, 1.54) is 5.56 Å². The van der Waals surface area contributed by atoms with Crippen molar-refractivity contribution >= 4 is 17.7 Å². The van der Waals surface area contributed by atoms with E-state index in [-0.39, 0.29) is 12.0 Å². The van der Waals surface area contributed by atoms with Crippen molar-refractivity contribution in [3.8, 4) is 0 Å². The molecule has 166 valence electrons. The monoisotopic (exact) mass is 425 g/mol. The van der Waals surface area contributed by atoms with Crippen molar-refractivity contribution in [2.24, 2.45) is 0 Å². The number of benzene rings is 2. The number of rotatable bonds is 6. The van der Waals surface area contributed by atoms with Crippen LogP contribution in [-0.2, 0) is 16.0 Å². The molecule has 3 rings (SSSR count). The molecule has 2 aromatic carbocycles. The van der Waals surface area contributed by atoms with Crippen LogP contribution >= 0.6 is 0 Å². The van der Waals surface area contributed by atoms with E-state index in [9.17, 15) is 9.59 Å². The molecule has 7 heteroatoms. The number of carbonyl (C=O) groups excluding carboxylic acids is 2. The van der Waals surface area contributed by atoms with Crippen molar-refractivity contribution in [3.05, 3.63) is 65.7 Å². The molecule has 1 aliphatic rings. The van der Waals surface area contributed by atoms with E-state index in [0.717, 1.165) is 19.6 Å². The second kappa shape index (κ2) is 10.4. The molecule has 2 amide bonds. The lowest BCUT2D eigenvalue weighted by Crippen LogP contribution is -2.47. The minimum Gasteiger partial charge on any atom is -0.444 e. The fourth-order valence-electron chi connectivity index (χ4n) is 3.32. The molecule has 0 aliphatic carbocycles. The molecule has 0 spiro atoms.